The van der Waals surface area contributed by atoms with Gasteiger partial charge in [0.25, 0.3) is 0 Å². The summed E-state index contributed by atoms with van der Waals surface area (Å²) in [6.45, 7) is 4.66. The number of para-hydroxylation sites is 2. The summed E-state index contributed by atoms with van der Waals surface area (Å²) < 4.78 is 5.85. The highest BCUT2D eigenvalue weighted by molar-refractivity contribution is 6.30. The van der Waals surface area contributed by atoms with Gasteiger partial charge in [0.2, 0.25) is 5.91 Å². The van der Waals surface area contributed by atoms with Crippen molar-refractivity contribution in [3.8, 4) is 0 Å². The zero-order valence-corrected chi connectivity index (χ0v) is 20.6. The monoisotopic (exact) mass is 489 g/mol. The molecule has 0 saturated heterocycles. The molecular formula is C28H28ClN3O3. The van der Waals surface area contributed by atoms with Crippen LogP contribution >= 0.6 is 11.6 Å². The minimum atomic E-state index is -0.513. The zero-order valence-electron chi connectivity index (χ0n) is 19.8. The number of Topliss-reactive ketones (excluding diaryl/α,β-unsaturated/α-hetero) is 1. The summed E-state index contributed by atoms with van der Waals surface area (Å²) in [5.41, 5.74) is 4.07. The van der Waals surface area contributed by atoms with Gasteiger partial charge < -0.3 is 20.0 Å². The first kappa shape index (κ1) is 23.2. The van der Waals surface area contributed by atoms with Crippen LogP contribution in [0.15, 0.2) is 82.6 Å². The maximum Gasteiger partial charge on any atom is 0.239 e. The van der Waals surface area contributed by atoms with E-state index in [4.69, 9.17) is 16.0 Å². The van der Waals surface area contributed by atoms with Gasteiger partial charge in [-0.05, 0) is 53.8 Å². The summed E-state index contributed by atoms with van der Waals surface area (Å²) in [4.78, 5) is 28.7. The van der Waals surface area contributed by atoms with Crippen molar-refractivity contribution in [2.24, 2.45) is 5.41 Å². The van der Waals surface area contributed by atoms with Crippen LogP contribution in [0.2, 0.25) is 5.02 Å². The Balaban J connectivity index is 1.52. The summed E-state index contributed by atoms with van der Waals surface area (Å²) in [6, 6.07) is 18.4. The highest BCUT2D eigenvalue weighted by Crippen LogP contribution is 2.48. The van der Waals surface area contributed by atoms with Crippen LogP contribution < -0.4 is 15.5 Å². The number of allylic oxidation sites excluding steroid dienone is 1. The third-order valence-corrected chi connectivity index (χ3v) is 6.79. The lowest BCUT2D eigenvalue weighted by atomic mass is 9.74. The van der Waals surface area contributed by atoms with E-state index in [-0.39, 0.29) is 23.7 Å². The number of carbonyl (C=O) groups excluding carboxylic acids is 2. The normalized spacial score (nSPS) is 18.9. The first-order valence-corrected chi connectivity index (χ1v) is 12.1. The molecule has 3 aromatic rings. The number of amides is 1. The number of nitrogens with zero attached hydrogens (tertiary/aromatic N) is 1. The molecule has 2 N–H and O–H groups in total. The second-order valence-electron chi connectivity index (χ2n) is 9.92. The predicted molar refractivity (Wildman–Crippen MR) is 137 cm³/mol. The number of hydrogen-bond donors (Lipinski definition) is 2. The molecule has 2 aliphatic rings. The fourth-order valence-corrected chi connectivity index (χ4v) is 5.11. The van der Waals surface area contributed by atoms with Crippen molar-refractivity contribution in [1.82, 2.24) is 5.32 Å². The van der Waals surface area contributed by atoms with E-state index in [1.54, 1.807) is 18.4 Å². The topological polar surface area (TPSA) is 74.6 Å². The molecule has 0 spiro atoms. The van der Waals surface area contributed by atoms with Gasteiger partial charge >= 0.3 is 0 Å². The molecule has 5 rings (SSSR count). The fraction of sp³-hybridized carbons (Fsp3) is 0.286. The number of ketones is 1. The highest BCUT2D eigenvalue weighted by Gasteiger charge is 2.42. The van der Waals surface area contributed by atoms with Crippen molar-refractivity contribution in [2.75, 3.05) is 16.8 Å². The molecule has 2 heterocycles. The van der Waals surface area contributed by atoms with Gasteiger partial charge in [0.15, 0.2) is 5.78 Å². The first-order chi connectivity index (χ1) is 16.8. The molecular weight excluding hydrogens is 462 g/mol. The second-order valence-corrected chi connectivity index (χ2v) is 10.4. The standard InChI is InChI=1S/C28H28ClN3O3/c1-28(2)14-21-26(23(33)15-28)27(24-8-5-13-35-24)32(22-7-4-3-6-20(22)31-21)17-25(34)30-16-18-9-11-19(29)12-10-18/h3-13,27,31H,14-17H2,1-2H3,(H,30,34). The Morgan fingerprint density at radius 3 is 2.63 bits per heavy atom. The molecule has 1 atom stereocenters. The Morgan fingerprint density at radius 2 is 1.89 bits per heavy atom. The predicted octanol–water partition coefficient (Wildman–Crippen LogP) is 5.87. The molecule has 1 amide bonds. The van der Waals surface area contributed by atoms with Gasteiger partial charge in [-0.15, -0.1) is 0 Å². The molecule has 180 valence electrons. The van der Waals surface area contributed by atoms with Crippen molar-refractivity contribution < 1.29 is 14.0 Å². The van der Waals surface area contributed by atoms with E-state index in [0.717, 1.165) is 29.1 Å². The first-order valence-electron chi connectivity index (χ1n) is 11.7. The number of benzene rings is 2. The molecule has 0 bridgehead atoms. The van der Waals surface area contributed by atoms with Crippen molar-refractivity contribution in [3.63, 3.8) is 0 Å². The largest absolute Gasteiger partial charge is 0.467 e. The van der Waals surface area contributed by atoms with Crippen molar-refractivity contribution in [3.05, 3.63) is 94.5 Å². The number of carbonyl (C=O) groups is 2. The average Bonchev–Trinajstić information content (AvgIpc) is 3.30. The molecule has 2 aromatic carbocycles. The van der Waals surface area contributed by atoms with Gasteiger partial charge in [-0.1, -0.05) is 49.7 Å². The lowest BCUT2D eigenvalue weighted by Gasteiger charge is -2.36. The van der Waals surface area contributed by atoms with Gasteiger partial charge in [0.1, 0.15) is 11.8 Å². The third kappa shape index (κ3) is 4.84. The second kappa shape index (κ2) is 9.27. The van der Waals surface area contributed by atoms with Crippen LogP contribution in [0.4, 0.5) is 11.4 Å². The fourth-order valence-electron chi connectivity index (χ4n) is 4.98. The zero-order chi connectivity index (χ0) is 24.6. The number of anilines is 2. The molecule has 0 radical (unpaired) electrons. The SMILES string of the molecule is CC1(C)CC(=O)C2=C(C1)Nc1ccccc1N(CC(=O)NCc1ccc(Cl)cc1)C2c1ccco1. The van der Waals surface area contributed by atoms with E-state index in [1.165, 1.54) is 0 Å². The smallest absolute Gasteiger partial charge is 0.239 e. The number of halogens is 1. The van der Waals surface area contributed by atoms with E-state index in [9.17, 15) is 9.59 Å². The summed E-state index contributed by atoms with van der Waals surface area (Å²) in [5, 5.41) is 7.19. The Kier molecular flexibility index (Phi) is 6.15. The maximum absolute atomic E-state index is 13.5. The van der Waals surface area contributed by atoms with Crippen molar-refractivity contribution in [1.29, 1.82) is 0 Å². The molecule has 1 aliphatic heterocycles. The molecule has 1 aliphatic carbocycles. The molecule has 35 heavy (non-hydrogen) atoms. The third-order valence-electron chi connectivity index (χ3n) is 6.53. The molecule has 6 nitrogen and oxygen atoms in total. The number of nitrogens with one attached hydrogen (secondary N) is 2. The van der Waals surface area contributed by atoms with Gasteiger partial charge in [-0.2, -0.15) is 0 Å². The average molecular weight is 490 g/mol. The summed E-state index contributed by atoms with van der Waals surface area (Å²) in [6.07, 6.45) is 2.78. The van der Waals surface area contributed by atoms with Crippen LogP contribution in [-0.2, 0) is 16.1 Å². The quantitative estimate of drug-likeness (QED) is 0.469. The lowest BCUT2D eigenvalue weighted by Crippen LogP contribution is -2.41. The van der Waals surface area contributed by atoms with Crippen molar-refractivity contribution in [2.45, 2.75) is 39.3 Å². The summed E-state index contributed by atoms with van der Waals surface area (Å²) in [7, 11) is 0. The van der Waals surface area contributed by atoms with E-state index in [0.29, 0.717) is 29.3 Å². The molecule has 7 heteroatoms. The summed E-state index contributed by atoms with van der Waals surface area (Å²) >= 11 is 5.98. The van der Waals surface area contributed by atoms with Crippen LogP contribution in [0.3, 0.4) is 0 Å². The Bertz CT molecular complexity index is 1280. The maximum atomic E-state index is 13.5. The molecule has 1 unspecified atom stereocenters. The summed E-state index contributed by atoms with van der Waals surface area (Å²) in [5.74, 6) is 0.554. The molecule has 0 saturated carbocycles. The van der Waals surface area contributed by atoms with Crippen LogP contribution in [0, 0.1) is 5.41 Å². The Morgan fingerprint density at radius 1 is 1.11 bits per heavy atom. The minimum Gasteiger partial charge on any atom is -0.467 e. The highest BCUT2D eigenvalue weighted by atomic mass is 35.5. The molecule has 1 aromatic heterocycles. The Labute approximate surface area is 210 Å². The number of furan rings is 1. The number of fused-ring (bicyclic) bond motifs is 1. The van der Waals surface area contributed by atoms with E-state index >= 15 is 0 Å². The van der Waals surface area contributed by atoms with Crippen LogP contribution in [0.25, 0.3) is 0 Å². The lowest BCUT2D eigenvalue weighted by molar-refractivity contribution is -0.121. The van der Waals surface area contributed by atoms with Gasteiger partial charge in [0, 0.05) is 29.3 Å². The number of hydrogen-bond acceptors (Lipinski definition) is 5. The molecule has 0 fully saturated rings. The number of rotatable bonds is 5. The Hall–Kier alpha value is -3.51. The van der Waals surface area contributed by atoms with Crippen molar-refractivity contribution >= 4 is 34.7 Å². The van der Waals surface area contributed by atoms with E-state index < -0.39 is 6.04 Å². The van der Waals surface area contributed by atoms with E-state index in [2.05, 4.69) is 24.5 Å². The van der Waals surface area contributed by atoms with Crippen LogP contribution in [0.5, 0.6) is 0 Å². The van der Waals surface area contributed by atoms with Gasteiger partial charge in [-0.25, -0.2) is 0 Å². The van der Waals surface area contributed by atoms with Crippen LogP contribution in [-0.4, -0.2) is 18.2 Å². The minimum absolute atomic E-state index is 0.0606. The van der Waals surface area contributed by atoms with Gasteiger partial charge in [0.05, 0.1) is 24.2 Å². The van der Waals surface area contributed by atoms with Crippen LogP contribution in [0.1, 0.15) is 44.1 Å². The van der Waals surface area contributed by atoms with Gasteiger partial charge in [-0.3, -0.25) is 9.59 Å². The van der Waals surface area contributed by atoms with E-state index in [1.807, 2.05) is 53.4 Å².